The van der Waals surface area contributed by atoms with Crippen LogP contribution in [0.2, 0.25) is 10.6 Å². The standard InChI is InChI=1S/C6H13O2.2C4H9.Al/c1-5(2)4-8-6(3)7;2*1-3-4-2;/h5-6H,4H2,1-3H3;2*1,3-4H2,2H3;/q-1;;;+1. The van der Waals surface area contributed by atoms with Crippen molar-refractivity contribution < 1.29 is 8.53 Å². The maximum absolute atomic E-state index is 6.12. The zero-order chi connectivity index (χ0) is 13.1. The molecular weight excluding hydrogens is 227 g/mol. The van der Waals surface area contributed by atoms with Crippen LogP contribution in [0.25, 0.3) is 0 Å². The van der Waals surface area contributed by atoms with Crippen molar-refractivity contribution in [3.63, 3.8) is 0 Å². The third-order valence-corrected chi connectivity index (χ3v) is 5.68. The molecule has 0 heterocycles. The van der Waals surface area contributed by atoms with Gasteiger partial charge in [0.1, 0.15) is 6.29 Å². The van der Waals surface area contributed by atoms with Crippen LogP contribution in [0.3, 0.4) is 0 Å². The Morgan fingerprint density at radius 2 is 1.47 bits per heavy atom. The number of rotatable bonds is 11. The van der Waals surface area contributed by atoms with E-state index in [9.17, 15) is 0 Å². The molecular formula is C14H31AlO2. The maximum atomic E-state index is 6.12. The Bertz CT molecular complexity index is 154. The fourth-order valence-corrected chi connectivity index (χ4v) is 4.69. The molecule has 17 heavy (non-hydrogen) atoms. The van der Waals surface area contributed by atoms with Crippen molar-refractivity contribution in [1.82, 2.24) is 0 Å². The first-order valence-corrected chi connectivity index (χ1v) is 9.47. The van der Waals surface area contributed by atoms with E-state index in [0.29, 0.717) is 5.92 Å². The van der Waals surface area contributed by atoms with Gasteiger partial charge in [0.25, 0.3) is 0 Å². The summed E-state index contributed by atoms with van der Waals surface area (Å²) in [5.74, 6) is 0.590. The normalized spacial score (nSPS) is 13.1. The van der Waals surface area contributed by atoms with E-state index >= 15 is 0 Å². The van der Waals surface area contributed by atoms with Crippen LogP contribution in [0.1, 0.15) is 60.3 Å². The van der Waals surface area contributed by atoms with Crippen LogP contribution in [0.5, 0.6) is 0 Å². The lowest BCUT2D eigenvalue weighted by Crippen LogP contribution is -2.26. The first kappa shape index (κ1) is 17.5. The lowest BCUT2D eigenvalue weighted by atomic mass is 10.2. The molecule has 0 aliphatic rings. The van der Waals surface area contributed by atoms with Crippen LogP contribution in [0.4, 0.5) is 0 Å². The molecule has 1 atom stereocenters. The molecule has 0 N–H and O–H groups in total. The zero-order valence-electron chi connectivity index (χ0n) is 12.5. The summed E-state index contributed by atoms with van der Waals surface area (Å²) in [5, 5.41) is 2.62. The quantitative estimate of drug-likeness (QED) is 0.398. The second kappa shape index (κ2) is 11.5. The molecule has 0 rings (SSSR count). The van der Waals surface area contributed by atoms with Gasteiger partial charge in [0.05, 0.1) is 6.61 Å². The van der Waals surface area contributed by atoms with Gasteiger partial charge in [0, 0.05) is 0 Å². The molecule has 3 heteroatoms. The molecule has 0 aromatic rings. The lowest BCUT2D eigenvalue weighted by molar-refractivity contribution is -0.0787. The van der Waals surface area contributed by atoms with Crippen LogP contribution >= 0.6 is 0 Å². The third kappa shape index (κ3) is 11.3. The highest BCUT2D eigenvalue weighted by atomic mass is 27.2. The van der Waals surface area contributed by atoms with Crippen molar-refractivity contribution in [3.8, 4) is 0 Å². The molecule has 2 nitrogen and oxygen atoms in total. The van der Waals surface area contributed by atoms with Crippen LogP contribution in [0, 0.1) is 5.92 Å². The summed E-state index contributed by atoms with van der Waals surface area (Å²) in [5.41, 5.74) is 0. The van der Waals surface area contributed by atoms with Crippen LogP contribution in [-0.4, -0.2) is 27.4 Å². The van der Waals surface area contributed by atoms with E-state index in [4.69, 9.17) is 8.53 Å². The minimum absolute atomic E-state index is 0.00257. The SMILES string of the molecule is CCC[CH2][Al]([CH2]CCC)[O]C(C)OCC(C)C. The molecule has 0 fully saturated rings. The van der Waals surface area contributed by atoms with E-state index in [1.165, 1.54) is 36.2 Å². The number of ether oxygens (including phenoxy) is 1. The second-order valence-electron chi connectivity index (χ2n) is 5.34. The smallest absolute Gasteiger partial charge is 0.462 e. The van der Waals surface area contributed by atoms with Crippen molar-refractivity contribution in [2.45, 2.75) is 77.2 Å². The highest BCUT2D eigenvalue weighted by Crippen LogP contribution is 2.13. The summed E-state index contributed by atoms with van der Waals surface area (Å²) in [4.78, 5) is 0. The van der Waals surface area contributed by atoms with Gasteiger partial charge >= 0.3 is 14.5 Å². The van der Waals surface area contributed by atoms with Crippen LogP contribution < -0.4 is 0 Å². The van der Waals surface area contributed by atoms with Gasteiger partial charge in [-0.3, -0.25) is 0 Å². The molecule has 0 radical (unpaired) electrons. The first-order valence-electron chi connectivity index (χ1n) is 7.37. The minimum Gasteiger partial charge on any atom is -0.478 e. The van der Waals surface area contributed by atoms with Gasteiger partial charge in [0.2, 0.25) is 0 Å². The van der Waals surface area contributed by atoms with Gasteiger partial charge < -0.3 is 8.53 Å². The van der Waals surface area contributed by atoms with Gasteiger partial charge in [0.15, 0.2) is 0 Å². The highest BCUT2D eigenvalue weighted by Gasteiger charge is 2.22. The molecule has 0 aromatic heterocycles. The third-order valence-electron chi connectivity index (χ3n) is 2.81. The van der Waals surface area contributed by atoms with Crippen molar-refractivity contribution in [1.29, 1.82) is 0 Å². The van der Waals surface area contributed by atoms with Crippen molar-refractivity contribution in [2.75, 3.05) is 6.61 Å². The van der Waals surface area contributed by atoms with E-state index < -0.39 is 14.5 Å². The number of hydrogen-bond donors (Lipinski definition) is 0. The Morgan fingerprint density at radius 3 is 1.88 bits per heavy atom. The fourth-order valence-electron chi connectivity index (χ4n) is 1.78. The Labute approximate surface area is 113 Å². The Morgan fingerprint density at radius 1 is 0.941 bits per heavy atom. The first-order chi connectivity index (χ1) is 8.10. The summed E-state index contributed by atoms with van der Waals surface area (Å²) in [6.07, 6.45) is 5.19. The van der Waals surface area contributed by atoms with E-state index in [1.807, 2.05) is 0 Å². The molecule has 1 unspecified atom stereocenters. The van der Waals surface area contributed by atoms with Gasteiger partial charge in [-0.2, -0.15) is 0 Å². The van der Waals surface area contributed by atoms with Gasteiger partial charge in [-0.15, -0.1) is 0 Å². The topological polar surface area (TPSA) is 18.5 Å². The molecule has 0 saturated carbocycles. The second-order valence-corrected chi connectivity index (χ2v) is 8.01. The average Bonchev–Trinajstić information content (AvgIpc) is 2.30. The van der Waals surface area contributed by atoms with Crippen molar-refractivity contribution >= 4 is 14.5 Å². The lowest BCUT2D eigenvalue weighted by Gasteiger charge is -2.21. The monoisotopic (exact) mass is 258 g/mol. The average molecular weight is 258 g/mol. The Kier molecular flexibility index (Phi) is 11.8. The summed E-state index contributed by atoms with van der Waals surface area (Å²) in [6.45, 7) is 11.7. The molecule has 0 aliphatic carbocycles. The molecule has 0 aliphatic heterocycles. The van der Waals surface area contributed by atoms with E-state index in [1.54, 1.807) is 0 Å². The summed E-state index contributed by atoms with van der Waals surface area (Å²) >= 11 is -1.01. The fraction of sp³-hybridized carbons (Fsp3) is 1.00. The Balaban J connectivity index is 3.84. The largest absolute Gasteiger partial charge is 0.478 e. The maximum Gasteiger partial charge on any atom is 0.462 e. The zero-order valence-corrected chi connectivity index (χ0v) is 13.7. The number of unbranched alkanes of at least 4 members (excludes halogenated alkanes) is 2. The van der Waals surface area contributed by atoms with Gasteiger partial charge in [-0.1, -0.05) is 63.9 Å². The van der Waals surface area contributed by atoms with Crippen LogP contribution in [0.15, 0.2) is 0 Å². The molecule has 0 amide bonds. The summed E-state index contributed by atoms with van der Waals surface area (Å²) < 4.78 is 11.8. The van der Waals surface area contributed by atoms with Crippen molar-refractivity contribution in [3.05, 3.63) is 0 Å². The predicted octanol–water partition coefficient (Wildman–Crippen LogP) is 4.61. The number of hydrogen-bond acceptors (Lipinski definition) is 2. The molecule has 0 saturated heterocycles. The highest BCUT2D eigenvalue weighted by molar-refractivity contribution is 6.51. The molecule has 102 valence electrons. The Hall–Kier alpha value is 0.452. The summed E-state index contributed by atoms with van der Waals surface area (Å²) in [6, 6.07) is 0. The van der Waals surface area contributed by atoms with E-state index in [2.05, 4.69) is 34.6 Å². The molecule has 0 bridgehead atoms. The van der Waals surface area contributed by atoms with Gasteiger partial charge in [-0.05, 0) is 12.8 Å². The molecule has 0 spiro atoms. The van der Waals surface area contributed by atoms with E-state index in [-0.39, 0.29) is 6.29 Å². The molecule has 0 aromatic carbocycles. The summed E-state index contributed by atoms with van der Waals surface area (Å²) in [7, 11) is 0. The minimum atomic E-state index is -1.01. The van der Waals surface area contributed by atoms with E-state index in [0.717, 1.165) is 6.61 Å². The van der Waals surface area contributed by atoms with Crippen LogP contribution in [-0.2, 0) is 8.53 Å². The predicted molar refractivity (Wildman–Crippen MR) is 76.5 cm³/mol. The van der Waals surface area contributed by atoms with Gasteiger partial charge in [-0.25, -0.2) is 0 Å². The van der Waals surface area contributed by atoms with Crippen molar-refractivity contribution in [2.24, 2.45) is 5.92 Å².